The van der Waals surface area contributed by atoms with E-state index in [9.17, 15) is 0 Å². The molecule has 0 radical (unpaired) electrons. The smallest absolute Gasteiger partial charge is 0.0739 e. The normalized spacial score (nSPS) is 11.7. The summed E-state index contributed by atoms with van der Waals surface area (Å²) in [5.74, 6) is 0. The lowest BCUT2D eigenvalue weighted by Gasteiger charge is -2.10. The van der Waals surface area contributed by atoms with Gasteiger partial charge in [0.1, 0.15) is 0 Å². The van der Waals surface area contributed by atoms with Gasteiger partial charge in [0.2, 0.25) is 0 Å². The molecule has 2 N–H and O–H groups in total. The van der Waals surface area contributed by atoms with E-state index in [2.05, 4.69) is 10.3 Å². The Labute approximate surface area is 88.5 Å². The highest BCUT2D eigenvalue weighted by molar-refractivity contribution is 5.89. The van der Waals surface area contributed by atoms with Crippen LogP contribution in [0.1, 0.15) is 27.8 Å². The zero-order chi connectivity index (χ0) is 11.4. The number of benzene rings is 1. The first-order valence-corrected chi connectivity index (χ1v) is 4.57. The second kappa shape index (κ2) is 4.59. The lowest BCUT2D eigenvalue weighted by Crippen LogP contribution is -2.00. The maximum Gasteiger partial charge on any atom is 0.0739 e. The summed E-state index contributed by atoms with van der Waals surface area (Å²) in [7, 11) is 0. The van der Waals surface area contributed by atoms with Crippen LogP contribution in [0, 0.1) is 20.8 Å². The molecule has 1 aromatic carbocycles. The quantitative estimate of drug-likeness (QED) is 0.442. The Balaban J connectivity index is 3.43. The summed E-state index contributed by atoms with van der Waals surface area (Å²) in [6.07, 6.45) is 2.81. The van der Waals surface area contributed by atoms with Crippen LogP contribution in [0.3, 0.4) is 0 Å². The Hall–Kier alpha value is -1.84. The molecule has 0 atom stereocenters. The van der Waals surface area contributed by atoms with Gasteiger partial charge in [0.05, 0.1) is 12.4 Å². The van der Waals surface area contributed by atoms with E-state index in [0.29, 0.717) is 0 Å². The molecule has 0 heterocycles. The summed E-state index contributed by atoms with van der Waals surface area (Å²) < 4.78 is 0. The fourth-order valence-corrected chi connectivity index (χ4v) is 1.59. The highest BCUT2D eigenvalue weighted by Crippen LogP contribution is 2.19. The molecule has 15 heavy (non-hydrogen) atoms. The third-order valence-corrected chi connectivity index (χ3v) is 2.58. The lowest BCUT2D eigenvalue weighted by molar-refractivity contribution is 0.321. The van der Waals surface area contributed by atoms with E-state index in [1.165, 1.54) is 12.4 Å². The molecule has 0 unspecified atom stereocenters. The summed E-state index contributed by atoms with van der Waals surface area (Å²) in [5.41, 5.74) is 4.76. The van der Waals surface area contributed by atoms with Gasteiger partial charge in [-0.2, -0.15) is 0 Å². The van der Waals surface area contributed by atoms with E-state index in [1.54, 1.807) is 0 Å². The fraction of sp³-hybridized carbons (Fsp3) is 0.273. The Morgan fingerprint density at radius 3 is 2.13 bits per heavy atom. The molecule has 0 saturated heterocycles. The lowest BCUT2D eigenvalue weighted by atomic mass is 9.95. The molecule has 0 amide bonds. The van der Waals surface area contributed by atoms with Crippen LogP contribution in [0.25, 0.3) is 0 Å². The van der Waals surface area contributed by atoms with Gasteiger partial charge in [-0.3, -0.25) is 0 Å². The number of oxime groups is 2. The summed E-state index contributed by atoms with van der Waals surface area (Å²) in [6.45, 7) is 5.78. The van der Waals surface area contributed by atoms with Gasteiger partial charge in [0.25, 0.3) is 0 Å². The van der Waals surface area contributed by atoms with E-state index in [-0.39, 0.29) is 0 Å². The minimum atomic E-state index is 0.864. The van der Waals surface area contributed by atoms with Crippen LogP contribution in [0.4, 0.5) is 0 Å². The molecule has 0 aliphatic heterocycles. The number of hydrogen-bond acceptors (Lipinski definition) is 4. The SMILES string of the molecule is Cc1cc(/C=N/O)c(C)c(C)c1/C=N/O. The predicted molar refractivity (Wildman–Crippen MR) is 59.4 cm³/mol. The van der Waals surface area contributed by atoms with Gasteiger partial charge in [-0.1, -0.05) is 10.3 Å². The van der Waals surface area contributed by atoms with Crippen molar-refractivity contribution < 1.29 is 10.4 Å². The van der Waals surface area contributed by atoms with E-state index >= 15 is 0 Å². The first kappa shape index (κ1) is 11.2. The number of hydrogen-bond donors (Lipinski definition) is 2. The Bertz CT molecular complexity index is 423. The summed E-state index contributed by atoms with van der Waals surface area (Å²) in [5, 5.41) is 23.1. The second-order valence-corrected chi connectivity index (χ2v) is 3.44. The third-order valence-electron chi connectivity index (χ3n) is 2.58. The molecular formula is C11H14N2O2. The summed E-state index contributed by atoms with van der Waals surface area (Å²) >= 11 is 0. The van der Waals surface area contributed by atoms with E-state index in [4.69, 9.17) is 10.4 Å². The molecule has 0 aliphatic rings. The molecule has 1 aromatic rings. The van der Waals surface area contributed by atoms with Gasteiger partial charge >= 0.3 is 0 Å². The van der Waals surface area contributed by atoms with Crippen LogP contribution in [0.5, 0.6) is 0 Å². The molecule has 4 heteroatoms. The zero-order valence-corrected chi connectivity index (χ0v) is 9.02. The average Bonchev–Trinajstić information content (AvgIpc) is 2.21. The summed E-state index contributed by atoms with van der Waals surface area (Å²) in [6, 6.07) is 1.89. The van der Waals surface area contributed by atoms with E-state index in [0.717, 1.165) is 27.8 Å². The topological polar surface area (TPSA) is 65.2 Å². The van der Waals surface area contributed by atoms with E-state index < -0.39 is 0 Å². The van der Waals surface area contributed by atoms with Gasteiger partial charge in [0, 0.05) is 5.56 Å². The fourth-order valence-electron chi connectivity index (χ4n) is 1.59. The number of aryl methyl sites for hydroxylation is 1. The average molecular weight is 206 g/mol. The molecule has 0 aromatic heterocycles. The van der Waals surface area contributed by atoms with Crippen molar-refractivity contribution >= 4 is 12.4 Å². The molecular weight excluding hydrogens is 192 g/mol. The van der Waals surface area contributed by atoms with E-state index in [1.807, 2.05) is 26.8 Å². The van der Waals surface area contributed by atoms with Crippen molar-refractivity contribution in [2.75, 3.05) is 0 Å². The van der Waals surface area contributed by atoms with Crippen molar-refractivity contribution in [3.05, 3.63) is 33.9 Å². The van der Waals surface area contributed by atoms with Gasteiger partial charge in [-0.15, -0.1) is 0 Å². The van der Waals surface area contributed by atoms with Crippen LogP contribution in [-0.2, 0) is 0 Å². The second-order valence-electron chi connectivity index (χ2n) is 3.44. The number of rotatable bonds is 2. The molecule has 1 rings (SSSR count). The largest absolute Gasteiger partial charge is 0.411 e. The maximum absolute atomic E-state index is 8.54. The van der Waals surface area contributed by atoms with Gasteiger partial charge < -0.3 is 10.4 Å². The molecule has 0 aliphatic carbocycles. The maximum atomic E-state index is 8.54. The molecule has 0 spiro atoms. The highest BCUT2D eigenvalue weighted by atomic mass is 16.4. The van der Waals surface area contributed by atoms with Crippen molar-refractivity contribution in [1.29, 1.82) is 0 Å². The monoisotopic (exact) mass is 206 g/mol. The first-order valence-electron chi connectivity index (χ1n) is 4.57. The molecule has 0 fully saturated rings. The van der Waals surface area contributed by atoms with Gasteiger partial charge in [-0.25, -0.2) is 0 Å². The summed E-state index contributed by atoms with van der Waals surface area (Å²) in [4.78, 5) is 0. The van der Waals surface area contributed by atoms with Crippen molar-refractivity contribution in [2.45, 2.75) is 20.8 Å². The molecule has 0 saturated carbocycles. The Morgan fingerprint density at radius 2 is 1.60 bits per heavy atom. The van der Waals surface area contributed by atoms with Crippen LogP contribution in [-0.4, -0.2) is 22.8 Å². The van der Waals surface area contributed by atoms with Crippen molar-refractivity contribution in [2.24, 2.45) is 10.3 Å². The van der Waals surface area contributed by atoms with Crippen LogP contribution < -0.4 is 0 Å². The highest BCUT2D eigenvalue weighted by Gasteiger charge is 2.07. The Kier molecular flexibility index (Phi) is 3.44. The van der Waals surface area contributed by atoms with Crippen molar-refractivity contribution in [1.82, 2.24) is 0 Å². The minimum absolute atomic E-state index is 0.864. The molecule has 4 nitrogen and oxygen atoms in total. The Morgan fingerprint density at radius 1 is 1.00 bits per heavy atom. The first-order chi connectivity index (χ1) is 7.11. The molecule has 80 valence electrons. The van der Waals surface area contributed by atoms with Crippen LogP contribution in [0.15, 0.2) is 16.4 Å². The third kappa shape index (κ3) is 2.15. The van der Waals surface area contributed by atoms with Crippen molar-refractivity contribution in [3.63, 3.8) is 0 Å². The number of nitrogens with zero attached hydrogens (tertiary/aromatic N) is 2. The van der Waals surface area contributed by atoms with Crippen molar-refractivity contribution in [3.8, 4) is 0 Å². The minimum Gasteiger partial charge on any atom is -0.411 e. The molecule has 0 bridgehead atoms. The standard InChI is InChI=1S/C11H14N2O2/c1-7-4-10(5-12-14)8(2)9(3)11(7)6-13-15/h4-6,14-15H,1-3H3/b12-5+,13-6+. The van der Waals surface area contributed by atoms with Gasteiger partial charge in [0.15, 0.2) is 0 Å². The van der Waals surface area contributed by atoms with Gasteiger partial charge in [-0.05, 0) is 49.1 Å². The van der Waals surface area contributed by atoms with Crippen LogP contribution in [0.2, 0.25) is 0 Å². The zero-order valence-electron chi connectivity index (χ0n) is 9.02. The van der Waals surface area contributed by atoms with Crippen LogP contribution >= 0.6 is 0 Å². The predicted octanol–water partition coefficient (Wildman–Crippen LogP) is 2.23.